The Morgan fingerprint density at radius 2 is 1.71 bits per heavy atom. The molecular weight excluding hydrogens is 464 g/mol. The first kappa shape index (κ1) is 22.7. The van der Waals surface area contributed by atoms with Gasteiger partial charge in [0.15, 0.2) is 10.9 Å². The fourth-order valence-corrected chi connectivity index (χ4v) is 5.38. The molecule has 1 fully saturated rings. The second-order valence-corrected chi connectivity index (χ2v) is 9.27. The zero-order chi connectivity index (χ0) is 24.7. The molecule has 0 radical (unpaired) electrons. The molecule has 8 heteroatoms. The third kappa shape index (κ3) is 3.85. The molecule has 1 amide bonds. The highest BCUT2D eigenvalue weighted by Gasteiger charge is 2.54. The molecule has 2 atom stereocenters. The number of hydrogen-bond donors (Lipinski definition) is 0. The number of thiazole rings is 1. The Labute approximate surface area is 205 Å². The Balaban J connectivity index is 1.70. The smallest absolute Gasteiger partial charge is 0.297 e. The lowest BCUT2D eigenvalue weighted by molar-refractivity contribution is -0.135. The first-order valence-corrected chi connectivity index (χ1v) is 11.8. The summed E-state index contributed by atoms with van der Waals surface area (Å²) >= 11 is 1.30. The Morgan fingerprint density at radius 3 is 2.40 bits per heavy atom. The lowest BCUT2D eigenvalue weighted by atomic mass is 9.86. The Morgan fingerprint density at radius 1 is 0.971 bits per heavy atom. The van der Waals surface area contributed by atoms with Crippen LogP contribution in [-0.4, -0.2) is 36.7 Å². The number of benzene rings is 3. The summed E-state index contributed by atoms with van der Waals surface area (Å²) in [5, 5.41) is 0.353. The molecular formula is C27H22N2O5S. The highest BCUT2D eigenvalue weighted by Crippen LogP contribution is 2.46. The van der Waals surface area contributed by atoms with E-state index < -0.39 is 29.4 Å². The topological polar surface area (TPSA) is 85.8 Å². The van der Waals surface area contributed by atoms with Crippen LogP contribution in [-0.2, 0) is 9.59 Å². The molecule has 5 rings (SSSR count). The van der Waals surface area contributed by atoms with Gasteiger partial charge >= 0.3 is 0 Å². The van der Waals surface area contributed by atoms with Gasteiger partial charge in [0.2, 0.25) is 5.78 Å². The van der Waals surface area contributed by atoms with Gasteiger partial charge in [-0.3, -0.25) is 19.3 Å². The minimum absolute atomic E-state index is 0.353. The van der Waals surface area contributed by atoms with Crippen molar-refractivity contribution in [3.63, 3.8) is 0 Å². The number of hydrogen-bond acceptors (Lipinski definition) is 7. The monoisotopic (exact) mass is 486 g/mol. The van der Waals surface area contributed by atoms with Crippen molar-refractivity contribution in [2.75, 3.05) is 19.1 Å². The van der Waals surface area contributed by atoms with Crippen molar-refractivity contribution in [2.45, 2.75) is 13.0 Å². The van der Waals surface area contributed by atoms with E-state index in [-0.39, 0.29) is 0 Å². The molecule has 0 N–H and O–H groups in total. The van der Waals surface area contributed by atoms with E-state index in [0.717, 1.165) is 10.3 Å². The lowest BCUT2D eigenvalue weighted by Crippen LogP contribution is -2.30. The Hall–Kier alpha value is -4.04. The van der Waals surface area contributed by atoms with Crippen molar-refractivity contribution < 1.29 is 23.9 Å². The van der Waals surface area contributed by atoms with Crippen molar-refractivity contribution in [2.24, 2.45) is 5.92 Å². The first-order chi connectivity index (χ1) is 16.9. The van der Waals surface area contributed by atoms with E-state index >= 15 is 0 Å². The molecule has 1 aromatic heterocycles. The van der Waals surface area contributed by atoms with E-state index in [1.807, 2.05) is 43.3 Å². The molecule has 0 spiro atoms. The molecule has 0 bridgehead atoms. The van der Waals surface area contributed by atoms with Crippen LogP contribution < -0.4 is 14.4 Å². The van der Waals surface area contributed by atoms with Gasteiger partial charge in [-0.15, -0.1) is 0 Å². The maximum Gasteiger partial charge on any atom is 0.297 e. The number of ether oxygens (including phenoxy) is 2. The first-order valence-electron chi connectivity index (χ1n) is 11.0. The Kier molecular flexibility index (Phi) is 5.82. The number of carbonyl (C=O) groups excluding carboxylic acids is 3. The summed E-state index contributed by atoms with van der Waals surface area (Å²) in [4.78, 5) is 46.5. The number of aromatic nitrogens is 1. The molecule has 4 aromatic rings. The summed E-state index contributed by atoms with van der Waals surface area (Å²) in [5.74, 6) is -2.25. The summed E-state index contributed by atoms with van der Waals surface area (Å²) in [6, 6.07) is 18.6. The molecule has 0 saturated carbocycles. The van der Waals surface area contributed by atoms with E-state index in [1.54, 1.807) is 30.3 Å². The number of para-hydroxylation sites is 1. The van der Waals surface area contributed by atoms with Gasteiger partial charge in [-0.1, -0.05) is 53.3 Å². The minimum Gasteiger partial charge on any atom is -0.497 e. The predicted molar refractivity (Wildman–Crippen MR) is 133 cm³/mol. The summed E-state index contributed by atoms with van der Waals surface area (Å²) in [6.07, 6.45) is 0. The fraction of sp³-hybridized carbons (Fsp3) is 0.185. The van der Waals surface area contributed by atoms with E-state index in [9.17, 15) is 14.4 Å². The van der Waals surface area contributed by atoms with Crippen molar-refractivity contribution in [3.8, 4) is 11.5 Å². The summed E-state index contributed by atoms with van der Waals surface area (Å²) < 4.78 is 11.8. The van der Waals surface area contributed by atoms with Gasteiger partial charge in [0.25, 0.3) is 5.91 Å². The van der Waals surface area contributed by atoms with Crippen LogP contribution in [0.5, 0.6) is 11.5 Å². The zero-order valence-corrected chi connectivity index (χ0v) is 20.2. The second kappa shape index (κ2) is 8.96. The van der Waals surface area contributed by atoms with Gasteiger partial charge in [0, 0.05) is 17.2 Å². The van der Waals surface area contributed by atoms with Crippen molar-refractivity contribution in [1.29, 1.82) is 0 Å². The van der Waals surface area contributed by atoms with E-state index in [0.29, 0.717) is 33.3 Å². The van der Waals surface area contributed by atoms with Crippen LogP contribution in [0.3, 0.4) is 0 Å². The minimum atomic E-state index is -1.25. The SMILES string of the molecule is COc1ccc(C2C(C(=O)c3ccc(C)cc3)C(=O)C(=O)N2c2nc3ccccc3s2)c(OC)c1. The quantitative estimate of drug-likeness (QED) is 0.222. The van der Waals surface area contributed by atoms with Crippen molar-refractivity contribution in [3.05, 3.63) is 83.4 Å². The molecule has 2 heterocycles. The maximum absolute atomic E-state index is 13.7. The van der Waals surface area contributed by atoms with Crippen LogP contribution in [0.1, 0.15) is 27.5 Å². The number of carbonyl (C=O) groups is 3. The standard InChI is InChI=1S/C27H22N2O5S/c1-15-8-10-16(11-9-15)24(30)22-23(18-13-12-17(33-2)14-20(18)34-3)29(26(32)25(22)31)27-28-19-6-4-5-7-21(19)35-27/h4-14,22-23H,1-3H3. The number of anilines is 1. The molecule has 176 valence electrons. The van der Waals surface area contributed by atoms with Crippen LogP contribution in [0.25, 0.3) is 10.2 Å². The number of methoxy groups -OCH3 is 2. The number of aryl methyl sites for hydroxylation is 1. The fourth-order valence-electron chi connectivity index (χ4n) is 4.38. The van der Waals surface area contributed by atoms with Crippen LogP contribution in [0.2, 0.25) is 0 Å². The van der Waals surface area contributed by atoms with E-state index in [4.69, 9.17) is 9.47 Å². The molecule has 3 aromatic carbocycles. The molecule has 35 heavy (non-hydrogen) atoms. The second-order valence-electron chi connectivity index (χ2n) is 8.26. The van der Waals surface area contributed by atoms with Gasteiger partial charge in [0.1, 0.15) is 17.4 Å². The third-order valence-corrected chi connectivity index (χ3v) is 7.21. The number of Topliss-reactive ketones (excluding diaryl/α,β-unsaturated/α-hetero) is 2. The summed E-state index contributed by atoms with van der Waals surface area (Å²) in [6.45, 7) is 1.92. The molecule has 1 aliphatic heterocycles. The number of ketones is 2. The van der Waals surface area contributed by atoms with Crippen molar-refractivity contribution in [1.82, 2.24) is 4.98 Å². The highest BCUT2D eigenvalue weighted by molar-refractivity contribution is 7.22. The number of fused-ring (bicyclic) bond motifs is 1. The van der Waals surface area contributed by atoms with E-state index in [2.05, 4.69) is 4.98 Å². The van der Waals surface area contributed by atoms with Crippen LogP contribution in [0, 0.1) is 12.8 Å². The number of amides is 1. The Bertz CT molecular complexity index is 1430. The number of rotatable bonds is 6. The average Bonchev–Trinajstić information content (AvgIpc) is 3.42. The van der Waals surface area contributed by atoms with Gasteiger partial charge < -0.3 is 9.47 Å². The largest absolute Gasteiger partial charge is 0.497 e. The maximum atomic E-state index is 13.7. The van der Waals surface area contributed by atoms with Gasteiger partial charge in [-0.05, 0) is 31.2 Å². The van der Waals surface area contributed by atoms with E-state index in [1.165, 1.54) is 30.5 Å². The normalized spacial score (nSPS) is 17.7. The predicted octanol–water partition coefficient (Wildman–Crippen LogP) is 4.78. The molecule has 1 aliphatic rings. The van der Waals surface area contributed by atoms with Gasteiger partial charge in [-0.2, -0.15) is 0 Å². The van der Waals surface area contributed by atoms with Gasteiger partial charge in [-0.25, -0.2) is 4.98 Å². The number of nitrogens with zero attached hydrogens (tertiary/aromatic N) is 2. The summed E-state index contributed by atoms with van der Waals surface area (Å²) in [5.41, 5.74) is 2.59. The summed E-state index contributed by atoms with van der Waals surface area (Å²) in [7, 11) is 3.03. The average molecular weight is 487 g/mol. The van der Waals surface area contributed by atoms with Crippen LogP contribution in [0.4, 0.5) is 5.13 Å². The molecule has 1 saturated heterocycles. The molecule has 0 aliphatic carbocycles. The zero-order valence-electron chi connectivity index (χ0n) is 19.3. The van der Waals surface area contributed by atoms with Crippen molar-refractivity contribution >= 4 is 44.2 Å². The highest BCUT2D eigenvalue weighted by atomic mass is 32.1. The lowest BCUT2D eigenvalue weighted by Gasteiger charge is -2.26. The van der Waals surface area contributed by atoms with Crippen LogP contribution >= 0.6 is 11.3 Å². The molecule has 7 nitrogen and oxygen atoms in total. The molecule has 2 unspecified atom stereocenters. The van der Waals surface area contributed by atoms with Crippen LogP contribution in [0.15, 0.2) is 66.7 Å². The van der Waals surface area contributed by atoms with Gasteiger partial charge in [0.05, 0.1) is 30.5 Å². The third-order valence-electron chi connectivity index (χ3n) is 6.17.